The molecule has 0 spiro atoms. The highest BCUT2D eigenvalue weighted by molar-refractivity contribution is 7.98. The molecule has 0 aromatic rings. The van der Waals surface area contributed by atoms with Gasteiger partial charge >= 0.3 is 12.0 Å². The van der Waals surface area contributed by atoms with Gasteiger partial charge in [0.2, 0.25) is 5.91 Å². The van der Waals surface area contributed by atoms with Crippen LogP contribution < -0.4 is 10.6 Å². The Balaban J connectivity index is 1.98. The fraction of sp³-hybridized carbons (Fsp3) is 0.769. The third-order valence-electron chi connectivity index (χ3n) is 4.07. The number of piperidine rings is 1. The summed E-state index contributed by atoms with van der Waals surface area (Å²) in [5, 5.41) is 14.5. The third kappa shape index (κ3) is 3.61. The number of carboxylic acids is 1. The van der Waals surface area contributed by atoms with Crippen molar-refractivity contribution in [1.82, 2.24) is 15.5 Å². The Morgan fingerprint density at radius 2 is 2.33 bits per heavy atom. The van der Waals surface area contributed by atoms with E-state index in [1.54, 1.807) is 16.7 Å². The Bertz CT molecular complexity index is 432. The minimum absolute atomic E-state index is 0.00494. The van der Waals surface area contributed by atoms with Gasteiger partial charge < -0.3 is 20.6 Å². The van der Waals surface area contributed by atoms with E-state index >= 15 is 0 Å². The van der Waals surface area contributed by atoms with Crippen molar-refractivity contribution in [3.05, 3.63) is 0 Å². The van der Waals surface area contributed by atoms with E-state index in [1.807, 2.05) is 6.26 Å². The first kappa shape index (κ1) is 15.9. The lowest BCUT2D eigenvalue weighted by atomic mass is 9.92. The lowest BCUT2D eigenvalue weighted by molar-refractivity contribution is -0.139. The normalized spacial score (nSPS) is 26.0. The summed E-state index contributed by atoms with van der Waals surface area (Å²) >= 11 is 1.54. The summed E-state index contributed by atoms with van der Waals surface area (Å²) in [5.74, 6) is -0.510. The second-order valence-corrected chi connectivity index (χ2v) is 6.36. The van der Waals surface area contributed by atoms with Crippen LogP contribution in [0.1, 0.15) is 19.3 Å². The van der Waals surface area contributed by atoms with Crippen LogP contribution in [-0.4, -0.2) is 65.1 Å². The van der Waals surface area contributed by atoms with E-state index in [4.69, 9.17) is 5.11 Å². The lowest BCUT2D eigenvalue weighted by Gasteiger charge is -2.36. The molecule has 3 amide bonds. The Hall–Kier alpha value is -1.44. The van der Waals surface area contributed by atoms with Crippen LogP contribution in [-0.2, 0) is 9.59 Å². The zero-order valence-electron chi connectivity index (χ0n) is 12.0. The van der Waals surface area contributed by atoms with E-state index in [0.29, 0.717) is 25.3 Å². The fourth-order valence-corrected chi connectivity index (χ4v) is 3.40. The number of nitrogens with one attached hydrogen (secondary N) is 2. The number of fused-ring (bicyclic) bond motifs is 1. The van der Waals surface area contributed by atoms with Gasteiger partial charge in [0, 0.05) is 13.1 Å². The molecule has 0 aliphatic carbocycles. The zero-order chi connectivity index (χ0) is 15.4. The number of carbonyl (C=O) groups excluding carboxylic acids is 2. The van der Waals surface area contributed by atoms with Crippen molar-refractivity contribution >= 4 is 29.7 Å². The number of carbonyl (C=O) groups is 3. The molecule has 2 fully saturated rings. The minimum atomic E-state index is -1.02. The van der Waals surface area contributed by atoms with Crippen molar-refractivity contribution in [3.8, 4) is 0 Å². The maximum atomic E-state index is 12.3. The van der Waals surface area contributed by atoms with Crippen molar-refractivity contribution < 1.29 is 19.5 Å². The van der Waals surface area contributed by atoms with Crippen LogP contribution in [0.2, 0.25) is 0 Å². The van der Waals surface area contributed by atoms with Gasteiger partial charge in [-0.3, -0.25) is 4.79 Å². The molecule has 2 aliphatic heterocycles. The van der Waals surface area contributed by atoms with Gasteiger partial charge in [0.05, 0.1) is 12.0 Å². The molecule has 0 aromatic carbocycles. The van der Waals surface area contributed by atoms with Gasteiger partial charge in [-0.1, -0.05) is 0 Å². The highest BCUT2D eigenvalue weighted by Gasteiger charge is 2.43. The molecular formula is C13H21N3O4S. The van der Waals surface area contributed by atoms with Gasteiger partial charge in [0.15, 0.2) is 0 Å². The molecule has 2 rings (SSSR count). The minimum Gasteiger partial charge on any atom is -0.480 e. The van der Waals surface area contributed by atoms with Crippen LogP contribution in [0.3, 0.4) is 0 Å². The summed E-state index contributed by atoms with van der Waals surface area (Å²) < 4.78 is 0. The molecule has 8 heteroatoms. The summed E-state index contributed by atoms with van der Waals surface area (Å²) in [6.07, 6.45) is 3.84. The van der Waals surface area contributed by atoms with Crippen molar-refractivity contribution in [1.29, 1.82) is 0 Å². The molecule has 2 heterocycles. The molecule has 2 aliphatic rings. The number of nitrogens with zero attached hydrogens (tertiary/aromatic N) is 1. The second kappa shape index (κ2) is 7.02. The number of hydrogen-bond donors (Lipinski definition) is 3. The summed E-state index contributed by atoms with van der Waals surface area (Å²) in [7, 11) is 0. The fourth-order valence-electron chi connectivity index (χ4n) is 2.93. The van der Waals surface area contributed by atoms with Crippen molar-refractivity contribution in [3.63, 3.8) is 0 Å². The first-order chi connectivity index (χ1) is 10.0. The van der Waals surface area contributed by atoms with Crippen LogP contribution >= 0.6 is 11.8 Å². The standard InChI is InChI=1S/C13H21N3O4S/c1-21-6-4-9(12(18)19)15-13(20)16-5-2-3-8-10(16)7-14-11(8)17/h8-10H,2-7H2,1H3,(H,14,17)(H,15,20)(H,18,19). The predicted octanol–water partition coefficient (Wildman–Crippen LogP) is 0.113. The Morgan fingerprint density at radius 1 is 1.57 bits per heavy atom. The lowest BCUT2D eigenvalue weighted by Crippen LogP contribution is -2.55. The number of aliphatic carboxylic acids is 1. The Labute approximate surface area is 127 Å². The predicted molar refractivity (Wildman–Crippen MR) is 79.2 cm³/mol. The maximum Gasteiger partial charge on any atom is 0.326 e. The Kier molecular flexibility index (Phi) is 5.33. The number of carboxylic acid groups (broad SMARTS) is 1. The number of rotatable bonds is 5. The molecule has 7 nitrogen and oxygen atoms in total. The molecule has 0 saturated carbocycles. The average molecular weight is 315 g/mol. The molecule has 2 saturated heterocycles. The molecule has 3 N–H and O–H groups in total. The van der Waals surface area contributed by atoms with Gasteiger partial charge in [0.25, 0.3) is 0 Å². The molecule has 3 unspecified atom stereocenters. The number of hydrogen-bond acceptors (Lipinski definition) is 4. The van der Waals surface area contributed by atoms with Crippen molar-refractivity contribution in [2.24, 2.45) is 5.92 Å². The van der Waals surface area contributed by atoms with Crippen molar-refractivity contribution in [2.45, 2.75) is 31.3 Å². The van der Waals surface area contributed by atoms with Gasteiger partial charge in [-0.15, -0.1) is 0 Å². The molecule has 118 valence electrons. The van der Waals surface area contributed by atoms with Gasteiger partial charge in [-0.05, 0) is 31.3 Å². The van der Waals surface area contributed by atoms with Crippen LogP contribution in [0.25, 0.3) is 0 Å². The van der Waals surface area contributed by atoms with Gasteiger partial charge in [0.1, 0.15) is 6.04 Å². The molecular weight excluding hydrogens is 294 g/mol. The van der Waals surface area contributed by atoms with Crippen LogP contribution in [0, 0.1) is 5.92 Å². The second-order valence-electron chi connectivity index (χ2n) is 5.38. The van der Waals surface area contributed by atoms with Gasteiger partial charge in [-0.25, -0.2) is 9.59 Å². The smallest absolute Gasteiger partial charge is 0.326 e. The SMILES string of the molecule is CSCCC(NC(=O)N1CCCC2C(=O)NCC21)C(=O)O. The number of thioether (sulfide) groups is 1. The first-order valence-electron chi connectivity index (χ1n) is 7.11. The maximum absolute atomic E-state index is 12.3. The van der Waals surface area contributed by atoms with E-state index in [2.05, 4.69) is 10.6 Å². The van der Waals surface area contributed by atoms with Crippen molar-refractivity contribution in [2.75, 3.05) is 25.1 Å². The largest absolute Gasteiger partial charge is 0.480 e. The average Bonchev–Trinajstić information content (AvgIpc) is 2.84. The Morgan fingerprint density at radius 3 is 3.00 bits per heavy atom. The number of urea groups is 1. The quantitative estimate of drug-likeness (QED) is 0.669. The summed E-state index contributed by atoms with van der Waals surface area (Å²) in [6, 6.07) is -1.41. The van der Waals surface area contributed by atoms with Crippen LogP contribution in [0.15, 0.2) is 0 Å². The van der Waals surface area contributed by atoms with Crippen LogP contribution in [0.5, 0.6) is 0 Å². The molecule has 21 heavy (non-hydrogen) atoms. The molecule has 0 radical (unpaired) electrons. The summed E-state index contributed by atoms with van der Waals surface area (Å²) in [4.78, 5) is 36.8. The topological polar surface area (TPSA) is 98.7 Å². The molecule has 0 aromatic heterocycles. The molecule has 3 atom stereocenters. The third-order valence-corrected chi connectivity index (χ3v) is 4.71. The monoisotopic (exact) mass is 315 g/mol. The van der Waals surface area contributed by atoms with Crippen LogP contribution in [0.4, 0.5) is 4.79 Å². The highest BCUT2D eigenvalue weighted by atomic mass is 32.2. The number of likely N-dealkylation sites (tertiary alicyclic amines) is 1. The number of amides is 3. The zero-order valence-corrected chi connectivity index (χ0v) is 12.8. The van der Waals surface area contributed by atoms with E-state index in [1.165, 1.54) is 0 Å². The summed E-state index contributed by atoms with van der Waals surface area (Å²) in [6.45, 7) is 1.02. The highest BCUT2D eigenvalue weighted by Crippen LogP contribution is 2.27. The van der Waals surface area contributed by atoms with Gasteiger partial charge in [-0.2, -0.15) is 11.8 Å². The van der Waals surface area contributed by atoms with E-state index < -0.39 is 12.0 Å². The first-order valence-corrected chi connectivity index (χ1v) is 8.50. The van der Waals surface area contributed by atoms with E-state index in [-0.39, 0.29) is 23.9 Å². The van der Waals surface area contributed by atoms with E-state index in [9.17, 15) is 14.4 Å². The summed E-state index contributed by atoms with van der Waals surface area (Å²) in [5.41, 5.74) is 0. The van der Waals surface area contributed by atoms with E-state index in [0.717, 1.165) is 12.8 Å². The molecule has 0 bridgehead atoms.